The largest absolute Gasteiger partial charge is 0.493 e. The molecule has 2 N–H and O–H groups in total. The molecule has 0 spiro atoms. The van der Waals surface area contributed by atoms with Gasteiger partial charge in [0.2, 0.25) is 5.91 Å². The summed E-state index contributed by atoms with van der Waals surface area (Å²) in [6, 6.07) is 4.06. The van der Waals surface area contributed by atoms with Crippen LogP contribution in [0.4, 0.5) is 0 Å². The van der Waals surface area contributed by atoms with Gasteiger partial charge in [-0.3, -0.25) is 4.79 Å². The molecular weight excluding hydrogens is 292 g/mol. The van der Waals surface area contributed by atoms with Crippen LogP contribution in [0.5, 0.6) is 11.5 Å². The molecule has 2 atom stereocenters. The Labute approximate surface area is 138 Å². The zero-order valence-corrected chi connectivity index (χ0v) is 14.6. The van der Waals surface area contributed by atoms with E-state index in [1.807, 2.05) is 26.1 Å². The summed E-state index contributed by atoms with van der Waals surface area (Å²) in [5.41, 5.74) is 8.16. The molecule has 5 heteroatoms. The maximum atomic E-state index is 12.7. The van der Waals surface area contributed by atoms with E-state index in [0.717, 1.165) is 36.8 Å². The van der Waals surface area contributed by atoms with Gasteiger partial charge in [0.1, 0.15) is 0 Å². The summed E-state index contributed by atoms with van der Waals surface area (Å²) < 4.78 is 10.7. The van der Waals surface area contributed by atoms with E-state index in [0.29, 0.717) is 18.0 Å². The normalized spacial score (nSPS) is 20.9. The fourth-order valence-electron chi connectivity index (χ4n) is 3.29. The maximum Gasteiger partial charge on any atom is 0.225 e. The van der Waals surface area contributed by atoms with Crippen molar-refractivity contribution in [3.8, 4) is 11.5 Å². The SMILES string of the molecule is COc1cc(C)c(CN(C)C(=O)[C@@H]2CCC[C@H](N)C2)cc1OC. The van der Waals surface area contributed by atoms with Crippen molar-refractivity contribution in [2.75, 3.05) is 21.3 Å². The van der Waals surface area contributed by atoms with Crippen molar-refractivity contribution in [3.05, 3.63) is 23.3 Å². The first-order chi connectivity index (χ1) is 11.0. The van der Waals surface area contributed by atoms with Crippen LogP contribution in [0.2, 0.25) is 0 Å². The Morgan fingerprint density at radius 1 is 1.26 bits per heavy atom. The number of methoxy groups -OCH3 is 2. The first-order valence-corrected chi connectivity index (χ1v) is 8.18. The molecule has 0 heterocycles. The van der Waals surface area contributed by atoms with Gasteiger partial charge in [0.15, 0.2) is 11.5 Å². The van der Waals surface area contributed by atoms with E-state index in [9.17, 15) is 4.79 Å². The second kappa shape index (κ2) is 7.68. The second-order valence-electron chi connectivity index (χ2n) is 6.45. The molecule has 1 fully saturated rings. The zero-order valence-electron chi connectivity index (χ0n) is 14.6. The van der Waals surface area contributed by atoms with Crippen molar-refractivity contribution in [1.29, 1.82) is 0 Å². The number of carbonyl (C=O) groups is 1. The van der Waals surface area contributed by atoms with Gasteiger partial charge in [0, 0.05) is 25.6 Å². The minimum Gasteiger partial charge on any atom is -0.493 e. The van der Waals surface area contributed by atoms with E-state index >= 15 is 0 Å². The lowest BCUT2D eigenvalue weighted by atomic mass is 9.85. The van der Waals surface area contributed by atoms with Gasteiger partial charge in [-0.25, -0.2) is 0 Å². The third-order valence-electron chi connectivity index (χ3n) is 4.69. The van der Waals surface area contributed by atoms with Crippen molar-refractivity contribution in [3.63, 3.8) is 0 Å². The van der Waals surface area contributed by atoms with Crippen LogP contribution in [-0.4, -0.2) is 38.1 Å². The summed E-state index contributed by atoms with van der Waals surface area (Å²) in [6.07, 6.45) is 3.82. The number of rotatable bonds is 5. The molecule has 128 valence electrons. The molecule has 1 amide bonds. The molecule has 0 bridgehead atoms. The first-order valence-electron chi connectivity index (χ1n) is 8.18. The summed E-state index contributed by atoms with van der Waals surface area (Å²) in [6.45, 7) is 2.59. The summed E-state index contributed by atoms with van der Waals surface area (Å²) in [5, 5.41) is 0. The number of amides is 1. The van der Waals surface area contributed by atoms with Crippen LogP contribution < -0.4 is 15.2 Å². The molecule has 2 rings (SSSR count). The minimum absolute atomic E-state index is 0.0594. The van der Waals surface area contributed by atoms with Crippen molar-refractivity contribution >= 4 is 5.91 Å². The topological polar surface area (TPSA) is 64.8 Å². The van der Waals surface area contributed by atoms with Gasteiger partial charge in [0.25, 0.3) is 0 Å². The van der Waals surface area contributed by atoms with Crippen LogP contribution in [0.25, 0.3) is 0 Å². The van der Waals surface area contributed by atoms with E-state index in [2.05, 4.69) is 0 Å². The predicted molar refractivity (Wildman–Crippen MR) is 90.7 cm³/mol. The van der Waals surface area contributed by atoms with Crippen LogP contribution >= 0.6 is 0 Å². The van der Waals surface area contributed by atoms with Gasteiger partial charge < -0.3 is 20.1 Å². The average Bonchev–Trinajstić information content (AvgIpc) is 2.55. The summed E-state index contributed by atoms with van der Waals surface area (Å²) >= 11 is 0. The molecule has 1 aliphatic rings. The maximum absolute atomic E-state index is 12.7. The lowest BCUT2D eigenvalue weighted by molar-refractivity contribution is -0.135. The van der Waals surface area contributed by atoms with Crippen LogP contribution in [0, 0.1) is 12.8 Å². The molecule has 1 aromatic carbocycles. The van der Waals surface area contributed by atoms with Gasteiger partial charge in [0.05, 0.1) is 14.2 Å². The molecule has 1 aliphatic carbocycles. The number of benzene rings is 1. The highest BCUT2D eigenvalue weighted by Crippen LogP contribution is 2.31. The van der Waals surface area contributed by atoms with Crippen LogP contribution in [0.3, 0.4) is 0 Å². The molecule has 1 aromatic rings. The van der Waals surface area contributed by atoms with E-state index in [1.165, 1.54) is 0 Å². The van der Waals surface area contributed by atoms with Gasteiger partial charge in [-0.05, 0) is 49.4 Å². The summed E-state index contributed by atoms with van der Waals surface area (Å²) in [5.74, 6) is 1.65. The number of aryl methyl sites for hydroxylation is 1. The Balaban J connectivity index is 2.10. The van der Waals surface area contributed by atoms with E-state index in [1.54, 1.807) is 19.1 Å². The highest BCUT2D eigenvalue weighted by atomic mass is 16.5. The van der Waals surface area contributed by atoms with E-state index in [-0.39, 0.29) is 17.9 Å². The van der Waals surface area contributed by atoms with Gasteiger partial charge in [-0.2, -0.15) is 0 Å². The number of hydrogen-bond acceptors (Lipinski definition) is 4. The molecule has 0 unspecified atom stereocenters. The number of hydrogen-bond donors (Lipinski definition) is 1. The summed E-state index contributed by atoms with van der Waals surface area (Å²) in [7, 11) is 5.10. The first kappa shape index (κ1) is 17.6. The molecule has 0 saturated heterocycles. The monoisotopic (exact) mass is 320 g/mol. The molecule has 0 aliphatic heterocycles. The molecule has 5 nitrogen and oxygen atoms in total. The summed E-state index contributed by atoms with van der Waals surface area (Å²) in [4.78, 5) is 14.5. The third kappa shape index (κ3) is 4.16. The van der Waals surface area contributed by atoms with Gasteiger partial charge in [-0.15, -0.1) is 0 Å². The molecule has 23 heavy (non-hydrogen) atoms. The van der Waals surface area contributed by atoms with Crippen molar-refractivity contribution in [2.24, 2.45) is 11.7 Å². The number of carbonyl (C=O) groups excluding carboxylic acids is 1. The average molecular weight is 320 g/mol. The minimum atomic E-state index is 0.0594. The smallest absolute Gasteiger partial charge is 0.225 e. The van der Waals surface area contributed by atoms with Crippen LogP contribution in [-0.2, 0) is 11.3 Å². The number of ether oxygens (including phenoxy) is 2. The number of nitrogens with two attached hydrogens (primary N) is 1. The Hall–Kier alpha value is -1.75. The highest BCUT2D eigenvalue weighted by molar-refractivity contribution is 5.78. The Bertz CT molecular complexity index is 559. The van der Waals surface area contributed by atoms with Gasteiger partial charge in [-0.1, -0.05) is 6.42 Å². The Kier molecular flexibility index (Phi) is 5.88. The second-order valence-corrected chi connectivity index (χ2v) is 6.45. The highest BCUT2D eigenvalue weighted by Gasteiger charge is 2.27. The zero-order chi connectivity index (χ0) is 17.0. The molecule has 0 radical (unpaired) electrons. The quantitative estimate of drug-likeness (QED) is 0.905. The van der Waals surface area contributed by atoms with Crippen molar-refractivity contribution in [2.45, 2.75) is 45.2 Å². The van der Waals surface area contributed by atoms with Crippen molar-refractivity contribution < 1.29 is 14.3 Å². The van der Waals surface area contributed by atoms with E-state index < -0.39 is 0 Å². The lowest BCUT2D eigenvalue weighted by Gasteiger charge is -2.29. The predicted octanol–water partition coefficient (Wildman–Crippen LogP) is 2.49. The third-order valence-corrected chi connectivity index (χ3v) is 4.69. The van der Waals surface area contributed by atoms with Crippen LogP contribution in [0.15, 0.2) is 12.1 Å². The fourth-order valence-corrected chi connectivity index (χ4v) is 3.29. The number of nitrogens with zero attached hydrogens (tertiary/aromatic N) is 1. The van der Waals surface area contributed by atoms with E-state index in [4.69, 9.17) is 15.2 Å². The molecular formula is C18H28N2O3. The standard InChI is InChI=1S/C18H28N2O3/c1-12-8-16(22-3)17(23-4)10-14(12)11-20(2)18(21)13-6-5-7-15(19)9-13/h8,10,13,15H,5-7,9,11,19H2,1-4H3/t13-,15+/m1/s1. The lowest BCUT2D eigenvalue weighted by Crippen LogP contribution is -2.38. The van der Waals surface area contributed by atoms with Crippen molar-refractivity contribution in [1.82, 2.24) is 4.90 Å². The Morgan fingerprint density at radius 2 is 1.91 bits per heavy atom. The Morgan fingerprint density at radius 3 is 2.52 bits per heavy atom. The molecule has 0 aromatic heterocycles. The molecule has 1 saturated carbocycles. The fraction of sp³-hybridized carbons (Fsp3) is 0.611. The van der Waals surface area contributed by atoms with Gasteiger partial charge >= 0.3 is 0 Å². The van der Waals surface area contributed by atoms with Crippen LogP contribution in [0.1, 0.15) is 36.8 Å².